The molecule has 1 amide bonds. The second kappa shape index (κ2) is 7.73. The van der Waals surface area contributed by atoms with Gasteiger partial charge in [0.2, 0.25) is 5.91 Å². The van der Waals surface area contributed by atoms with E-state index in [9.17, 15) is 4.79 Å². The molecule has 1 rings (SSSR count). The first-order valence-corrected chi connectivity index (χ1v) is 6.84. The molecular weight excluding hydrogens is 272 g/mol. The van der Waals surface area contributed by atoms with Crippen LogP contribution in [0.5, 0.6) is 17.2 Å². The highest BCUT2D eigenvalue weighted by Crippen LogP contribution is 2.39. The van der Waals surface area contributed by atoms with Gasteiger partial charge in [0, 0.05) is 12.1 Å². The van der Waals surface area contributed by atoms with Gasteiger partial charge in [-0.05, 0) is 5.92 Å². The Morgan fingerprint density at radius 3 is 2.10 bits per heavy atom. The molecule has 0 saturated carbocycles. The fraction of sp³-hybridized carbons (Fsp3) is 0.533. The van der Waals surface area contributed by atoms with Crippen LogP contribution in [0.3, 0.4) is 0 Å². The van der Waals surface area contributed by atoms with Crippen LogP contribution in [0, 0.1) is 5.92 Å². The van der Waals surface area contributed by atoms with Crippen LogP contribution in [0.2, 0.25) is 0 Å². The third-order valence-electron chi connectivity index (χ3n) is 3.52. The van der Waals surface area contributed by atoms with Crippen molar-refractivity contribution in [3.05, 3.63) is 12.1 Å². The molecular formula is C15H24N2O4. The van der Waals surface area contributed by atoms with Crippen LogP contribution in [0.4, 0.5) is 5.69 Å². The summed E-state index contributed by atoms with van der Waals surface area (Å²) in [5.74, 6) is 1.30. The molecule has 0 fully saturated rings. The van der Waals surface area contributed by atoms with E-state index in [1.165, 1.54) is 14.2 Å². The molecule has 21 heavy (non-hydrogen) atoms. The van der Waals surface area contributed by atoms with Crippen LogP contribution in [0.15, 0.2) is 12.1 Å². The number of carbonyl (C=O) groups is 1. The van der Waals surface area contributed by atoms with E-state index in [1.807, 2.05) is 13.8 Å². The standard InChI is InChI=1S/C15H24N2O4/c1-6-9(2)13(16)15(18)17-14-11(20-4)7-10(19-3)8-12(14)21-5/h7-9,13H,6,16H2,1-5H3,(H,17,18)/t9?,13-/m0/s1. The maximum Gasteiger partial charge on any atom is 0.241 e. The van der Waals surface area contributed by atoms with Gasteiger partial charge in [0.25, 0.3) is 0 Å². The lowest BCUT2D eigenvalue weighted by Gasteiger charge is -2.20. The molecule has 0 bridgehead atoms. The molecule has 0 aliphatic carbocycles. The molecule has 0 heterocycles. The number of hydrogen-bond acceptors (Lipinski definition) is 5. The first-order valence-electron chi connectivity index (χ1n) is 6.84. The highest BCUT2D eigenvalue weighted by Gasteiger charge is 2.23. The number of ether oxygens (including phenoxy) is 3. The fourth-order valence-electron chi connectivity index (χ4n) is 1.85. The molecule has 0 spiro atoms. The smallest absolute Gasteiger partial charge is 0.241 e. The van der Waals surface area contributed by atoms with Gasteiger partial charge < -0.3 is 25.3 Å². The van der Waals surface area contributed by atoms with E-state index in [2.05, 4.69) is 5.32 Å². The molecule has 0 radical (unpaired) electrons. The van der Waals surface area contributed by atoms with E-state index in [1.54, 1.807) is 19.2 Å². The fourth-order valence-corrected chi connectivity index (χ4v) is 1.85. The lowest BCUT2D eigenvalue weighted by Crippen LogP contribution is -2.40. The van der Waals surface area contributed by atoms with Gasteiger partial charge in [-0.25, -0.2) is 0 Å². The first-order chi connectivity index (χ1) is 9.98. The second-order valence-electron chi connectivity index (χ2n) is 4.81. The molecule has 3 N–H and O–H groups in total. The summed E-state index contributed by atoms with van der Waals surface area (Å²) in [6.07, 6.45) is 0.825. The van der Waals surface area contributed by atoms with Crippen molar-refractivity contribution in [3.63, 3.8) is 0 Å². The minimum atomic E-state index is -0.591. The highest BCUT2D eigenvalue weighted by molar-refractivity contribution is 5.97. The number of nitrogens with two attached hydrogens (primary N) is 1. The van der Waals surface area contributed by atoms with Gasteiger partial charge in [0.1, 0.15) is 22.9 Å². The van der Waals surface area contributed by atoms with Gasteiger partial charge in [0.05, 0.1) is 27.4 Å². The quantitative estimate of drug-likeness (QED) is 0.804. The van der Waals surface area contributed by atoms with Crippen LogP contribution >= 0.6 is 0 Å². The Kier molecular flexibility index (Phi) is 6.30. The maximum atomic E-state index is 12.2. The lowest BCUT2D eigenvalue weighted by atomic mass is 9.99. The van der Waals surface area contributed by atoms with Gasteiger partial charge >= 0.3 is 0 Å². The van der Waals surface area contributed by atoms with Crippen molar-refractivity contribution in [3.8, 4) is 17.2 Å². The molecule has 6 heteroatoms. The second-order valence-corrected chi connectivity index (χ2v) is 4.81. The number of amides is 1. The van der Waals surface area contributed by atoms with Gasteiger partial charge in [-0.15, -0.1) is 0 Å². The van der Waals surface area contributed by atoms with Crippen LogP contribution < -0.4 is 25.3 Å². The molecule has 6 nitrogen and oxygen atoms in total. The largest absolute Gasteiger partial charge is 0.496 e. The summed E-state index contributed by atoms with van der Waals surface area (Å²) in [6, 6.07) is 2.76. The molecule has 2 atom stereocenters. The molecule has 1 unspecified atom stereocenters. The maximum absolute atomic E-state index is 12.2. The predicted octanol–water partition coefficient (Wildman–Crippen LogP) is 2.02. The van der Waals surface area contributed by atoms with E-state index in [-0.39, 0.29) is 11.8 Å². The van der Waals surface area contributed by atoms with E-state index in [0.29, 0.717) is 22.9 Å². The predicted molar refractivity (Wildman–Crippen MR) is 82.2 cm³/mol. The van der Waals surface area contributed by atoms with Gasteiger partial charge in [-0.3, -0.25) is 4.79 Å². The number of hydrogen-bond donors (Lipinski definition) is 2. The molecule has 0 saturated heterocycles. The van der Waals surface area contributed by atoms with E-state index < -0.39 is 6.04 Å². The molecule has 1 aromatic rings. The van der Waals surface area contributed by atoms with Crippen molar-refractivity contribution in [2.45, 2.75) is 26.3 Å². The van der Waals surface area contributed by atoms with E-state index in [4.69, 9.17) is 19.9 Å². The van der Waals surface area contributed by atoms with E-state index >= 15 is 0 Å². The van der Waals surface area contributed by atoms with Crippen LogP contribution in [0.25, 0.3) is 0 Å². The summed E-state index contributed by atoms with van der Waals surface area (Å²) >= 11 is 0. The summed E-state index contributed by atoms with van der Waals surface area (Å²) in [7, 11) is 4.57. The molecule has 118 valence electrons. The Hall–Kier alpha value is -1.95. The van der Waals surface area contributed by atoms with Crippen molar-refractivity contribution in [2.24, 2.45) is 11.7 Å². The first kappa shape index (κ1) is 17.1. The zero-order chi connectivity index (χ0) is 16.0. The zero-order valence-electron chi connectivity index (χ0n) is 13.2. The Balaban J connectivity index is 3.09. The topological polar surface area (TPSA) is 82.8 Å². The van der Waals surface area contributed by atoms with Crippen molar-refractivity contribution in [1.29, 1.82) is 0 Å². The molecule has 0 aromatic heterocycles. The number of nitrogens with one attached hydrogen (secondary N) is 1. The molecule has 0 aliphatic rings. The summed E-state index contributed by atoms with van der Waals surface area (Å²) in [5, 5.41) is 2.78. The van der Waals surface area contributed by atoms with Crippen molar-refractivity contribution >= 4 is 11.6 Å². The number of methoxy groups -OCH3 is 3. The minimum absolute atomic E-state index is 0.0836. The van der Waals surface area contributed by atoms with Gasteiger partial charge in [-0.1, -0.05) is 20.3 Å². The van der Waals surface area contributed by atoms with Crippen molar-refractivity contribution in [1.82, 2.24) is 0 Å². The summed E-state index contributed by atoms with van der Waals surface area (Å²) in [6.45, 7) is 3.93. The Morgan fingerprint density at radius 2 is 1.71 bits per heavy atom. The Bertz CT molecular complexity index is 466. The van der Waals surface area contributed by atoms with Crippen LogP contribution in [-0.2, 0) is 4.79 Å². The van der Waals surface area contributed by atoms with Crippen LogP contribution in [0.1, 0.15) is 20.3 Å². The summed E-state index contributed by atoms with van der Waals surface area (Å²) < 4.78 is 15.7. The van der Waals surface area contributed by atoms with Crippen molar-refractivity contribution in [2.75, 3.05) is 26.6 Å². The van der Waals surface area contributed by atoms with Gasteiger partial charge in [0.15, 0.2) is 0 Å². The highest BCUT2D eigenvalue weighted by atomic mass is 16.5. The molecule has 0 aliphatic heterocycles. The normalized spacial score (nSPS) is 13.2. The number of carbonyl (C=O) groups excluding carboxylic acids is 1. The summed E-state index contributed by atoms with van der Waals surface area (Å²) in [5.41, 5.74) is 6.39. The van der Waals surface area contributed by atoms with Crippen molar-refractivity contribution < 1.29 is 19.0 Å². The lowest BCUT2D eigenvalue weighted by molar-refractivity contribution is -0.118. The summed E-state index contributed by atoms with van der Waals surface area (Å²) in [4.78, 5) is 12.2. The Morgan fingerprint density at radius 1 is 1.19 bits per heavy atom. The van der Waals surface area contributed by atoms with Gasteiger partial charge in [-0.2, -0.15) is 0 Å². The van der Waals surface area contributed by atoms with Crippen LogP contribution in [-0.4, -0.2) is 33.3 Å². The average molecular weight is 296 g/mol. The number of benzene rings is 1. The zero-order valence-corrected chi connectivity index (χ0v) is 13.2. The number of rotatable bonds is 7. The third-order valence-corrected chi connectivity index (χ3v) is 3.52. The average Bonchev–Trinajstić information content (AvgIpc) is 2.52. The Labute approximate surface area is 125 Å². The molecule has 1 aromatic carbocycles. The monoisotopic (exact) mass is 296 g/mol. The third kappa shape index (κ3) is 4.01. The number of anilines is 1. The minimum Gasteiger partial charge on any atom is -0.496 e. The van der Waals surface area contributed by atoms with E-state index in [0.717, 1.165) is 6.42 Å². The SMILES string of the molecule is CCC(C)[C@H](N)C(=O)Nc1c(OC)cc(OC)cc1OC.